The lowest BCUT2D eigenvalue weighted by atomic mass is 10.1. The molecule has 0 aliphatic rings. The summed E-state index contributed by atoms with van der Waals surface area (Å²) in [5.41, 5.74) is 1.43. The van der Waals surface area contributed by atoms with Crippen molar-refractivity contribution in [2.75, 3.05) is 20.3 Å². The van der Waals surface area contributed by atoms with Gasteiger partial charge >= 0.3 is 5.97 Å². The van der Waals surface area contributed by atoms with Crippen LogP contribution in [-0.2, 0) is 16.0 Å². The highest BCUT2D eigenvalue weighted by Gasteiger charge is 2.11. The smallest absolute Gasteiger partial charge is 0.310 e. The Morgan fingerprint density at radius 1 is 1.44 bits per heavy atom. The summed E-state index contributed by atoms with van der Waals surface area (Å²) in [6.07, 6.45) is 1.66. The number of furan rings is 1. The third-order valence-electron chi connectivity index (χ3n) is 2.55. The van der Waals surface area contributed by atoms with Crippen LogP contribution in [0.25, 0.3) is 11.0 Å². The van der Waals surface area contributed by atoms with Gasteiger partial charge in [-0.1, -0.05) is 0 Å². The third-order valence-corrected chi connectivity index (χ3v) is 2.55. The van der Waals surface area contributed by atoms with Gasteiger partial charge in [-0.05, 0) is 12.1 Å². The topological polar surface area (TPSA) is 68.9 Å². The maximum Gasteiger partial charge on any atom is 0.310 e. The van der Waals surface area contributed by atoms with Gasteiger partial charge in [-0.3, -0.25) is 4.79 Å². The lowest BCUT2D eigenvalue weighted by Gasteiger charge is -2.01. The molecule has 0 fully saturated rings. The Hall–Kier alpha value is -2.01. The van der Waals surface area contributed by atoms with Gasteiger partial charge < -0.3 is 19.0 Å². The lowest BCUT2D eigenvalue weighted by Crippen LogP contribution is -2.10. The molecule has 1 aromatic heterocycles. The van der Waals surface area contributed by atoms with Crippen molar-refractivity contribution in [3.05, 3.63) is 30.0 Å². The summed E-state index contributed by atoms with van der Waals surface area (Å²) < 4.78 is 15.2. The first-order chi connectivity index (χ1) is 8.74. The van der Waals surface area contributed by atoms with Crippen molar-refractivity contribution in [3.63, 3.8) is 0 Å². The zero-order valence-electron chi connectivity index (χ0n) is 10.0. The van der Waals surface area contributed by atoms with Gasteiger partial charge in [-0.2, -0.15) is 0 Å². The summed E-state index contributed by atoms with van der Waals surface area (Å²) in [6.45, 7) is -0.155. The Morgan fingerprint density at radius 3 is 3.00 bits per heavy atom. The molecule has 0 bridgehead atoms. The Bertz CT molecular complexity index is 543. The standard InChI is InChI=1S/C13H14O5/c1-16-10-2-3-11-9(8-18-12(11)7-10)6-13(15)17-5-4-14/h2-3,7-8,14H,4-6H2,1H3. The highest BCUT2D eigenvalue weighted by molar-refractivity contribution is 5.86. The van der Waals surface area contributed by atoms with E-state index in [0.29, 0.717) is 11.3 Å². The van der Waals surface area contributed by atoms with Crippen LogP contribution in [0.1, 0.15) is 5.56 Å². The minimum Gasteiger partial charge on any atom is -0.497 e. The number of carbonyl (C=O) groups excluding carboxylic acids is 1. The van der Waals surface area contributed by atoms with E-state index in [2.05, 4.69) is 0 Å². The number of methoxy groups -OCH3 is 1. The highest BCUT2D eigenvalue weighted by Crippen LogP contribution is 2.25. The van der Waals surface area contributed by atoms with Gasteiger partial charge in [0.05, 0.1) is 26.4 Å². The minimum absolute atomic E-state index is 0.0163. The zero-order valence-corrected chi connectivity index (χ0v) is 10.0. The molecule has 0 saturated carbocycles. The predicted octanol–water partition coefficient (Wildman–Crippen LogP) is 1.52. The summed E-state index contributed by atoms with van der Waals surface area (Å²) in [5, 5.41) is 9.42. The molecule has 0 atom stereocenters. The fourth-order valence-corrected chi connectivity index (χ4v) is 1.69. The van der Waals surface area contributed by atoms with Crippen molar-refractivity contribution >= 4 is 16.9 Å². The average Bonchev–Trinajstić information content (AvgIpc) is 2.78. The highest BCUT2D eigenvalue weighted by atomic mass is 16.5. The van der Waals surface area contributed by atoms with Crippen LogP contribution in [-0.4, -0.2) is 31.4 Å². The van der Waals surface area contributed by atoms with Crippen molar-refractivity contribution < 1.29 is 23.8 Å². The second kappa shape index (κ2) is 5.55. The van der Waals surface area contributed by atoms with Crippen LogP contribution < -0.4 is 4.74 Å². The molecular formula is C13H14O5. The number of hydrogen-bond donors (Lipinski definition) is 1. The van der Waals surface area contributed by atoms with E-state index in [1.54, 1.807) is 19.2 Å². The molecule has 0 amide bonds. The first-order valence-electron chi connectivity index (χ1n) is 5.55. The number of esters is 1. The molecule has 5 heteroatoms. The molecule has 2 aromatic rings. The van der Waals surface area contributed by atoms with E-state index >= 15 is 0 Å². The number of ether oxygens (including phenoxy) is 2. The van der Waals surface area contributed by atoms with Crippen molar-refractivity contribution in [1.29, 1.82) is 0 Å². The maximum atomic E-state index is 11.4. The van der Waals surface area contributed by atoms with Crippen LogP contribution in [0.4, 0.5) is 0 Å². The van der Waals surface area contributed by atoms with Crippen molar-refractivity contribution in [3.8, 4) is 5.75 Å². The molecule has 0 spiro atoms. The van der Waals surface area contributed by atoms with E-state index in [4.69, 9.17) is 19.0 Å². The predicted molar refractivity (Wildman–Crippen MR) is 64.5 cm³/mol. The van der Waals surface area contributed by atoms with E-state index in [-0.39, 0.29) is 25.6 Å². The fourth-order valence-electron chi connectivity index (χ4n) is 1.69. The Balaban J connectivity index is 2.16. The minimum atomic E-state index is -0.387. The maximum absolute atomic E-state index is 11.4. The van der Waals surface area contributed by atoms with E-state index in [9.17, 15) is 4.79 Å². The van der Waals surface area contributed by atoms with Crippen LogP contribution in [0.5, 0.6) is 5.75 Å². The van der Waals surface area contributed by atoms with Gasteiger partial charge in [-0.25, -0.2) is 0 Å². The van der Waals surface area contributed by atoms with Gasteiger partial charge in [0.15, 0.2) is 0 Å². The number of benzene rings is 1. The summed E-state index contributed by atoms with van der Waals surface area (Å²) in [4.78, 5) is 11.4. The van der Waals surface area contributed by atoms with Crippen LogP contribution in [0, 0.1) is 0 Å². The quantitative estimate of drug-likeness (QED) is 0.815. The zero-order chi connectivity index (χ0) is 13.0. The molecule has 96 valence electrons. The number of aliphatic hydroxyl groups excluding tert-OH is 1. The summed E-state index contributed by atoms with van der Waals surface area (Å²) in [7, 11) is 1.58. The summed E-state index contributed by atoms with van der Waals surface area (Å²) in [5.74, 6) is 0.314. The second-order valence-electron chi connectivity index (χ2n) is 3.74. The molecule has 1 aromatic carbocycles. The summed E-state index contributed by atoms with van der Waals surface area (Å²) >= 11 is 0. The average molecular weight is 250 g/mol. The summed E-state index contributed by atoms with van der Waals surface area (Å²) in [6, 6.07) is 5.41. The van der Waals surface area contributed by atoms with Crippen LogP contribution >= 0.6 is 0 Å². The van der Waals surface area contributed by atoms with Crippen molar-refractivity contribution in [1.82, 2.24) is 0 Å². The molecule has 5 nitrogen and oxygen atoms in total. The van der Waals surface area contributed by atoms with Gasteiger partial charge in [0.1, 0.15) is 17.9 Å². The molecule has 1 heterocycles. The Labute approximate surface area is 104 Å². The van der Waals surface area contributed by atoms with Crippen molar-refractivity contribution in [2.24, 2.45) is 0 Å². The van der Waals surface area contributed by atoms with Crippen LogP contribution in [0.15, 0.2) is 28.9 Å². The first-order valence-corrected chi connectivity index (χ1v) is 5.55. The molecule has 0 unspecified atom stereocenters. The van der Waals surface area contributed by atoms with Gasteiger partial charge in [0, 0.05) is 17.0 Å². The van der Waals surface area contributed by atoms with E-state index in [0.717, 1.165) is 10.9 Å². The molecule has 0 aliphatic heterocycles. The van der Waals surface area contributed by atoms with Crippen molar-refractivity contribution in [2.45, 2.75) is 6.42 Å². The molecule has 0 radical (unpaired) electrons. The van der Waals surface area contributed by atoms with E-state index in [1.165, 1.54) is 6.26 Å². The number of hydrogen-bond acceptors (Lipinski definition) is 5. The largest absolute Gasteiger partial charge is 0.497 e. The molecule has 18 heavy (non-hydrogen) atoms. The van der Waals surface area contributed by atoms with Crippen LogP contribution in [0.3, 0.4) is 0 Å². The van der Waals surface area contributed by atoms with E-state index in [1.807, 2.05) is 6.07 Å². The number of carbonyl (C=O) groups is 1. The third kappa shape index (κ3) is 2.62. The van der Waals surface area contributed by atoms with Crippen LogP contribution in [0.2, 0.25) is 0 Å². The first kappa shape index (κ1) is 12.4. The number of rotatable bonds is 5. The molecule has 1 N–H and O–H groups in total. The normalized spacial score (nSPS) is 10.6. The molecular weight excluding hydrogens is 236 g/mol. The SMILES string of the molecule is COc1ccc2c(CC(=O)OCCO)coc2c1. The van der Waals surface area contributed by atoms with Gasteiger partial charge in [-0.15, -0.1) is 0 Å². The number of fused-ring (bicyclic) bond motifs is 1. The number of aliphatic hydroxyl groups is 1. The lowest BCUT2D eigenvalue weighted by molar-refractivity contribution is -0.143. The monoisotopic (exact) mass is 250 g/mol. The van der Waals surface area contributed by atoms with Gasteiger partial charge in [0.2, 0.25) is 0 Å². The molecule has 0 saturated heterocycles. The fraction of sp³-hybridized carbons (Fsp3) is 0.308. The van der Waals surface area contributed by atoms with Gasteiger partial charge in [0.25, 0.3) is 0 Å². The molecule has 2 rings (SSSR count). The second-order valence-corrected chi connectivity index (χ2v) is 3.74. The van der Waals surface area contributed by atoms with E-state index < -0.39 is 0 Å². The molecule has 0 aliphatic carbocycles. The Kier molecular flexibility index (Phi) is 3.84. The Morgan fingerprint density at radius 2 is 2.28 bits per heavy atom.